The summed E-state index contributed by atoms with van der Waals surface area (Å²) in [5.74, 6) is 3.27. The molecular formula is C23H33ClN2O3. The lowest BCUT2D eigenvalue weighted by molar-refractivity contribution is -0.158. The molecule has 4 saturated carbocycles. The smallest absolute Gasteiger partial charge is 0.312 e. The predicted molar refractivity (Wildman–Crippen MR) is 116 cm³/mol. The van der Waals surface area contributed by atoms with E-state index in [4.69, 9.17) is 9.47 Å². The zero-order chi connectivity index (χ0) is 19.1. The van der Waals surface area contributed by atoms with Gasteiger partial charge in [-0.3, -0.25) is 9.69 Å². The summed E-state index contributed by atoms with van der Waals surface area (Å²) in [6.07, 6.45) is 6.12. The molecule has 6 heteroatoms. The van der Waals surface area contributed by atoms with Gasteiger partial charge in [0.25, 0.3) is 0 Å². The SMILES string of the molecule is COc1ccccc1N1CCN(CCOC(=O)C23CC4CC2C[C@H](C4)C3)CC1.Cl. The molecule has 1 aromatic rings. The summed E-state index contributed by atoms with van der Waals surface area (Å²) in [5, 5.41) is 0. The van der Waals surface area contributed by atoms with Gasteiger partial charge in [-0.25, -0.2) is 0 Å². The van der Waals surface area contributed by atoms with Crippen molar-refractivity contribution in [1.82, 2.24) is 4.90 Å². The molecule has 5 aliphatic rings. The minimum absolute atomic E-state index is 0. The maximum atomic E-state index is 12.9. The molecule has 0 radical (unpaired) electrons. The first kappa shape index (κ1) is 20.8. The summed E-state index contributed by atoms with van der Waals surface area (Å²) in [4.78, 5) is 17.7. The summed E-state index contributed by atoms with van der Waals surface area (Å²) in [6.45, 7) is 5.32. The molecule has 0 N–H and O–H groups in total. The minimum Gasteiger partial charge on any atom is -0.495 e. The van der Waals surface area contributed by atoms with Crippen molar-refractivity contribution >= 4 is 24.1 Å². The highest BCUT2D eigenvalue weighted by molar-refractivity contribution is 5.85. The van der Waals surface area contributed by atoms with Crippen LogP contribution in [0.3, 0.4) is 0 Å². The van der Waals surface area contributed by atoms with Crippen molar-refractivity contribution in [2.24, 2.45) is 23.2 Å². The fourth-order valence-corrected chi connectivity index (χ4v) is 6.64. The van der Waals surface area contributed by atoms with Crippen molar-refractivity contribution in [1.29, 1.82) is 0 Å². The highest BCUT2D eigenvalue weighted by atomic mass is 35.5. The monoisotopic (exact) mass is 420 g/mol. The Balaban J connectivity index is 0.00000205. The predicted octanol–water partition coefficient (Wildman–Crippen LogP) is 3.61. The second-order valence-corrected chi connectivity index (χ2v) is 9.34. The van der Waals surface area contributed by atoms with Crippen LogP contribution < -0.4 is 9.64 Å². The number of nitrogens with zero attached hydrogens (tertiary/aromatic N) is 2. The third-order valence-corrected chi connectivity index (χ3v) is 7.84. The zero-order valence-electron chi connectivity index (χ0n) is 17.3. The average molecular weight is 421 g/mol. The van der Waals surface area contributed by atoms with Gasteiger partial charge in [0.1, 0.15) is 12.4 Å². The van der Waals surface area contributed by atoms with Gasteiger partial charge in [0.15, 0.2) is 0 Å². The van der Waals surface area contributed by atoms with E-state index in [0.717, 1.165) is 63.2 Å². The van der Waals surface area contributed by atoms with E-state index in [1.165, 1.54) is 24.9 Å². The van der Waals surface area contributed by atoms with Gasteiger partial charge in [0.05, 0.1) is 18.2 Å². The number of para-hydroxylation sites is 2. The second-order valence-electron chi connectivity index (χ2n) is 9.34. The first-order valence-electron chi connectivity index (χ1n) is 11.0. The van der Waals surface area contributed by atoms with E-state index in [2.05, 4.69) is 21.9 Å². The Morgan fingerprint density at radius 2 is 1.76 bits per heavy atom. The Morgan fingerprint density at radius 1 is 1.07 bits per heavy atom. The highest BCUT2D eigenvalue weighted by Gasteiger charge is 2.62. The quantitative estimate of drug-likeness (QED) is 0.657. The molecule has 5 fully saturated rings. The average Bonchev–Trinajstić information content (AvgIpc) is 3.13. The van der Waals surface area contributed by atoms with Crippen molar-refractivity contribution in [3.63, 3.8) is 0 Å². The van der Waals surface area contributed by atoms with Crippen LogP contribution in [0.2, 0.25) is 0 Å². The van der Waals surface area contributed by atoms with Crippen LogP contribution in [0.1, 0.15) is 32.1 Å². The Bertz CT molecular complexity index is 721. The number of esters is 1. The van der Waals surface area contributed by atoms with Gasteiger partial charge in [-0.05, 0) is 62.0 Å². The molecule has 5 nitrogen and oxygen atoms in total. The van der Waals surface area contributed by atoms with Gasteiger partial charge >= 0.3 is 5.97 Å². The van der Waals surface area contributed by atoms with E-state index in [0.29, 0.717) is 12.5 Å². The largest absolute Gasteiger partial charge is 0.495 e. The van der Waals surface area contributed by atoms with Crippen LogP contribution in [0.25, 0.3) is 0 Å². The normalized spacial score (nSPS) is 32.9. The number of halogens is 1. The number of ether oxygens (including phenoxy) is 2. The number of hydrogen-bond acceptors (Lipinski definition) is 5. The number of hydrogen-bond donors (Lipinski definition) is 0. The van der Waals surface area contributed by atoms with Crippen LogP contribution in [-0.2, 0) is 9.53 Å². The van der Waals surface area contributed by atoms with Gasteiger partial charge in [-0.1, -0.05) is 12.1 Å². The Morgan fingerprint density at radius 3 is 2.45 bits per heavy atom. The van der Waals surface area contributed by atoms with Crippen molar-refractivity contribution < 1.29 is 14.3 Å². The molecule has 1 aromatic carbocycles. The molecular weight excluding hydrogens is 388 g/mol. The summed E-state index contributed by atoms with van der Waals surface area (Å²) in [6, 6.07) is 8.21. The second kappa shape index (κ2) is 8.35. The Hall–Kier alpha value is -1.46. The Kier molecular flexibility index (Phi) is 5.99. The van der Waals surface area contributed by atoms with Gasteiger partial charge in [0, 0.05) is 32.7 Å². The van der Waals surface area contributed by atoms with E-state index in [9.17, 15) is 4.79 Å². The first-order valence-corrected chi connectivity index (χ1v) is 11.0. The van der Waals surface area contributed by atoms with Crippen molar-refractivity contribution in [3.05, 3.63) is 24.3 Å². The van der Waals surface area contributed by atoms with Gasteiger partial charge in [-0.2, -0.15) is 0 Å². The molecule has 0 spiro atoms. The topological polar surface area (TPSA) is 42.0 Å². The van der Waals surface area contributed by atoms with E-state index in [1.807, 2.05) is 12.1 Å². The van der Waals surface area contributed by atoms with Crippen molar-refractivity contribution in [2.45, 2.75) is 32.1 Å². The van der Waals surface area contributed by atoms with E-state index < -0.39 is 0 Å². The zero-order valence-corrected chi connectivity index (χ0v) is 18.2. The van der Waals surface area contributed by atoms with E-state index in [-0.39, 0.29) is 23.8 Å². The van der Waals surface area contributed by atoms with Crippen LogP contribution in [-0.4, -0.2) is 57.3 Å². The molecule has 1 aliphatic heterocycles. The van der Waals surface area contributed by atoms with Crippen molar-refractivity contribution in [2.75, 3.05) is 51.3 Å². The first-order chi connectivity index (χ1) is 13.7. The Labute approximate surface area is 180 Å². The molecule has 160 valence electrons. The number of carbonyl (C=O) groups is 1. The molecule has 0 amide bonds. The molecule has 0 aromatic heterocycles. The lowest BCUT2D eigenvalue weighted by atomic mass is 9.75. The lowest BCUT2D eigenvalue weighted by Crippen LogP contribution is -2.47. The van der Waals surface area contributed by atoms with Gasteiger partial charge in [0.2, 0.25) is 0 Å². The lowest BCUT2D eigenvalue weighted by Gasteiger charge is -2.36. The number of anilines is 1. The number of methoxy groups -OCH3 is 1. The number of piperazine rings is 1. The van der Waals surface area contributed by atoms with Crippen LogP contribution >= 0.6 is 12.4 Å². The maximum absolute atomic E-state index is 12.9. The van der Waals surface area contributed by atoms with Gasteiger partial charge < -0.3 is 14.4 Å². The fraction of sp³-hybridized carbons (Fsp3) is 0.696. The molecule has 4 bridgehead atoms. The summed E-state index contributed by atoms with van der Waals surface area (Å²) in [5.41, 5.74) is 1.07. The third-order valence-electron chi connectivity index (χ3n) is 7.84. The van der Waals surface area contributed by atoms with Gasteiger partial charge in [-0.15, -0.1) is 12.4 Å². The summed E-state index contributed by atoms with van der Waals surface area (Å²) >= 11 is 0. The molecule has 29 heavy (non-hydrogen) atoms. The molecule has 3 unspecified atom stereocenters. The molecule has 1 heterocycles. The van der Waals surface area contributed by atoms with E-state index >= 15 is 0 Å². The maximum Gasteiger partial charge on any atom is 0.312 e. The third kappa shape index (κ3) is 3.72. The number of benzene rings is 1. The molecule has 4 atom stereocenters. The standard InChI is InChI=1S/C23H32N2O3.ClH/c1-27-21-5-3-2-4-20(21)25-8-6-24(7-9-25)10-11-28-22(26)23-15-17-12-18(16-23)14-19(23)13-17;/h2-5,17-19H,6-16H2,1H3;1H/t17-,18?,19?,23?;/m0./s1. The molecule has 6 rings (SSSR count). The molecule has 1 saturated heterocycles. The number of rotatable bonds is 6. The van der Waals surface area contributed by atoms with Crippen LogP contribution in [0.4, 0.5) is 5.69 Å². The van der Waals surface area contributed by atoms with Crippen LogP contribution in [0.15, 0.2) is 24.3 Å². The van der Waals surface area contributed by atoms with Crippen LogP contribution in [0.5, 0.6) is 5.75 Å². The summed E-state index contributed by atoms with van der Waals surface area (Å²) in [7, 11) is 1.73. The van der Waals surface area contributed by atoms with E-state index in [1.54, 1.807) is 7.11 Å². The highest BCUT2D eigenvalue weighted by Crippen LogP contribution is 2.65. The van der Waals surface area contributed by atoms with Crippen LogP contribution in [0, 0.1) is 23.2 Å². The molecule has 4 aliphatic carbocycles. The minimum atomic E-state index is -0.101. The van der Waals surface area contributed by atoms with Crippen molar-refractivity contribution in [3.8, 4) is 5.75 Å². The fourth-order valence-electron chi connectivity index (χ4n) is 6.64. The summed E-state index contributed by atoms with van der Waals surface area (Å²) < 4.78 is 11.3. The number of carbonyl (C=O) groups excluding carboxylic acids is 1.